The molecule has 1 amide bonds. The molecule has 0 fully saturated rings. The first-order chi connectivity index (χ1) is 8.42. The van der Waals surface area contributed by atoms with Crippen molar-refractivity contribution in [1.82, 2.24) is 5.32 Å². The van der Waals surface area contributed by atoms with Crippen LogP contribution in [0.4, 0.5) is 17.6 Å². The Kier molecular flexibility index (Phi) is 8.65. The van der Waals surface area contributed by atoms with Crippen LogP contribution in [0.15, 0.2) is 0 Å². The zero-order chi connectivity index (χ0) is 14.0. The number of rotatable bonds is 10. The number of halogens is 4. The maximum absolute atomic E-state index is 12.5. The van der Waals surface area contributed by atoms with Gasteiger partial charge in [-0.1, -0.05) is 0 Å². The Labute approximate surface area is 103 Å². The van der Waals surface area contributed by atoms with E-state index in [0.29, 0.717) is 32.7 Å². The maximum Gasteiger partial charge on any atom is 0.383 e. The van der Waals surface area contributed by atoms with Gasteiger partial charge < -0.3 is 14.8 Å². The van der Waals surface area contributed by atoms with Gasteiger partial charge in [0.1, 0.15) is 0 Å². The van der Waals surface area contributed by atoms with Crippen LogP contribution in [0.3, 0.4) is 0 Å². The van der Waals surface area contributed by atoms with E-state index in [4.69, 9.17) is 9.47 Å². The first-order valence-electron chi connectivity index (χ1n) is 5.44. The van der Waals surface area contributed by atoms with Crippen molar-refractivity contribution < 1.29 is 31.8 Å². The lowest BCUT2D eigenvalue weighted by Gasteiger charge is -2.14. The predicted octanol–water partition coefficient (Wildman–Crippen LogP) is 1.45. The fraction of sp³-hybridized carbons (Fsp3) is 0.900. The molecule has 0 unspecified atom stereocenters. The lowest BCUT2D eigenvalue weighted by molar-refractivity contribution is -0.169. The monoisotopic (exact) mass is 275 g/mol. The minimum atomic E-state index is -4.63. The van der Waals surface area contributed by atoms with Crippen molar-refractivity contribution >= 4 is 5.91 Å². The SMILES string of the molecule is COCCOCCCCNC(=O)C(F)(F)C(F)F. The Hall–Kier alpha value is -0.890. The molecule has 4 nitrogen and oxygen atoms in total. The van der Waals surface area contributed by atoms with Crippen molar-refractivity contribution in [3.63, 3.8) is 0 Å². The molecule has 0 aromatic heterocycles. The number of hydrogen-bond donors (Lipinski definition) is 1. The standard InChI is InChI=1S/C10H17F4NO3/c1-17-6-7-18-5-3-2-4-15-9(16)10(13,14)8(11)12/h8H,2-7H2,1H3,(H,15,16). The summed E-state index contributed by atoms with van der Waals surface area (Å²) in [5.41, 5.74) is 0. The molecule has 0 spiro atoms. The van der Waals surface area contributed by atoms with Gasteiger partial charge in [0.05, 0.1) is 13.2 Å². The van der Waals surface area contributed by atoms with Gasteiger partial charge in [0, 0.05) is 20.3 Å². The quantitative estimate of drug-likeness (QED) is 0.485. The van der Waals surface area contributed by atoms with Crippen molar-refractivity contribution in [2.75, 3.05) is 33.5 Å². The topological polar surface area (TPSA) is 47.6 Å². The summed E-state index contributed by atoms with van der Waals surface area (Å²) in [5.74, 6) is -6.58. The first kappa shape index (κ1) is 17.1. The van der Waals surface area contributed by atoms with Gasteiger partial charge in [-0.2, -0.15) is 8.78 Å². The number of carbonyl (C=O) groups excluding carboxylic acids is 1. The highest BCUT2D eigenvalue weighted by Crippen LogP contribution is 2.22. The number of alkyl halides is 4. The normalized spacial score (nSPS) is 11.9. The third-order valence-electron chi connectivity index (χ3n) is 2.01. The molecule has 0 rings (SSSR count). The first-order valence-corrected chi connectivity index (χ1v) is 5.44. The Morgan fingerprint density at radius 3 is 2.44 bits per heavy atom. The van der Waals surface area contributed by atoms with Crippen LogP contribution in [0, 0.1) is 0 Å². The average molecular weight is 275 g/mol. The Morgan fingerprint density at radius 2 is 1.89 bits per heavy atom. The summed E-state index contributed by atoms with van der Waals surface area (Å²) in [4.78, 5) is 10.7. The smallest absolute Gasteiger partial charge is 0.382 e. The van der Waals surface area contributed by atoms with Crippen molar-refractivity contribution in [3.05, 3.63) is 0 Å². The van der Waals surface area contributed by atoms with Gasteiger partial charge in [-0.15, -0.1) is 0 Å². The maximum atomic E-state index is 12.5. The summed E-state index contributed by atoms with van der Waals surface area (Å²) in [6.07, 6.45) is -3.09. The molecule has 0 aromatic carbocycles. The van der Waals surface area contributed by atoms with Gasteiger partial charge in [0.25, 0.3) is 5.91 Å². The molecule has 0 aromatic rings. The predicted molar refractivity (Wildman–Crippen MR) is 55.9 cm³/mol. The van der Waals surface area contributed by atoms with E-state index in [-0.39, 0.29) is 6.54 Å². The van der Waals surface area contributed by atoms with Gasteiger partial charge in [0.2, 0.25) is 0 Å². The zero-order valence-electron chi connectivity index (χ0n) is 10.1. The molecule has 0 bridgehead atoms. The molecule has 0 aliphatic carbocycles. The van der Waals surface area contributed by atoms with E-state index in [1.54, 1.807) is 5.32 Å². The number of hydrogen-bond acceptors (Lipinski definition) is 3. The van der Waals surface area contributed by atoms with Crippen LogP contribution in [-0.2, 0) is 14.3 Å². The Balaban J connectivity index is 3.52. The fourth-order valence-electron chi connectivity index (χ4n) is 0.992. The largest absolute Gasteiger partial charge is 0.383 e. The van der Waals surface area contributed by atoms with Gasteiger partial charge in [-0.25, -0.2) is 8.78 Å². The van der Waals surface area contributed by atoms with Crippen LogP contribution in [0.5, 0.6) is 0 Å². The summed E-state index contributed by atoms with van der Waals surface area (Å²) < 4.78 is 58.3. The van der Waals surface area contributed by atoms with Crippen LogP contribution in [-0.4, -0.2) is 51.7 Å². The molecule has 18 heavy (non-hydrogen) atoms. The van der Waals surface area contributed by atoms with Gasteiger partial charge in [0.15, 0.2) is 0 Å². The van der Waals surface area contributed by atoms with Crippen LogP contribution >= 0.6 is 0 Å². The van der Waals surface area contributed by atoms with Crippen LogP contribution < -0.4 is 5.32 Å². The van der Waals surface area contributed by atoms with Gasteiger partial charge >= 0.3 is 12.3 Å². The molecule has 0 radical (unpaired) electrons. The molecular formula is C10H17F4NO3. The number of nitrogens with one attached hydrogen (secondary N) is 1. The van der Waals surface area contributed by atoms with E-state index in [2.05, 4.69) is 0 Å². The zero-order valence-corrected chi connectivity index (χ0v) is 10.1. The molecule has 0 aliphatic rings. The number of carbonyl (C=O) groups is 1. The van der Waals surface area contributed by atoms with Crippen molar-refractivity contribution in [2.45, 2.75) is 25.2 Å². The second-order valence-corrected chi connectivity index (χ2v) is 3.49. The average Bonchev–Trinajstić information content (AvgIpc) is 2.32. The molecule has 1 N–H and O–H groups in total. The summed E-state index contributed by atoms with van der Waals surface area (Å²) in [6.45, 7) is 1.18. The molecule has 0 saturated heterocycles. The summed E-state index contributed by atoms with van der Waals surface area (Å²) in [5, 5.41) is 1.76. The number of ether oxygens (including phenoxy) is 2. The van der Waals surface area contributed by atoms with E-state index in [1.807, 2.05) is 0 Å². The third kappa shape index (κ3) is 6.75. The Bertz CT molecular complexity index is 239. The van der Waals surface area contributed by atoms with Crippen molar-refractivity contribution in [2.24, 2.45) is 0 Å². The van der Waals surface area contributed by atoms with Crippen LogP contribution in [0.2, 0.25) is 0 Å². The molecule has 0 heterocycles. The van der Waals surface area contributed by atoms with E-state index in [0.717, 1.165) is 0 Å². The van der Waals surface area contributed by atoms with Crippen molar-refractivity contribution in [3.8, 4) is 0 Å². The molecule has 0 saturated carbocycles. The lowest BCUT2D eigenvalue weighted by atomic mass is 10.3. The summed E-state index contributed by atoms with van der Waals surface area (Å²) >= 11 is 0. The molecule has 108 valence electrons. The highest BCUT2D eigenvalue weighted by atomic mass is 19.3. The van der Waals surface area contributed by atoms with Crippen molar-refractivity contribution in [1.29, 1.82) is 0 Å². The molecule has 0 aliphatic heterocycles. The fourth-order valence-corrected chi connectivity index (χ4v) is 0.992. The van der Waals surface area contributed by atoms with E-state index in [9.17, 15) is 22.4 Å². The number of methoxy groups -OCH3 is 1. The Morgan fingerprint density at radius 1 is 1.22 bits per heavy atom. The minimum absolute atomic E-state index is 0.0885. The third-order valence-corrected chi connectivity index (χ3v) is 2.01. The van der Waals surface area contributed by atoms with Crippen LogP contribution in [0.1, 0.15) is 12.8 Å². The highest BCUT2D eigenvalue weighted by Gasteiger charge is 2.48. The number of amides is 1. The second kappa shape index (κ2) is 9.09. The van der Waals surface area contributed by atoms with E-state index in [1.165, 1.54) is 7.11 Å². The van der Waals surface area contributed by atoms with E-state index < -0.39 is 18.3 Å². The lowest BCUT2D eigenvalue weighted by Crippen LogP contribution is -2.45. The second-order valence-electron chi connectivity index (χ2n) is 3.49. The highest BCUT2D eigenvalue weighted by molar-refractivity contribution is 5.83. The molecule has 8 heteroatoms. The molecular weight excluding hydrogens is 258 g/mol. The number of unbranched alkanes of at least 4 members (excludes halogenated alkanes) is 1. The van der Waals surface area contributed by atoms with Gasteiger partial charge in [-0.3, -0.25) is 4.79 Å². The van der Waals surface area contributed by atoms with Gasteiger partial charge in [-0.05, 0) is 12.8 Å². The summed E-state index contributed by atoms with van der Waals surface area (Å²) in [6, 6.07) is 0. The van der Waals surface area contributed by atoms with E-state index >= 15 is 0 Å². The summed E-state index contributed by atoms with van der Waals surface area (Å²) in [7, 11) is 1.53. The van der Waals surface area contributed by atoms with Crippen LogP contribution in [0.25, 0.3) is 0 Å². The molecule has 0 atom stereocenters. The minimum Gasteiger partial charge on any atom is -0.382 e.